The quantitative estimate of drug-likeness (QED) is 0.447. The molecule has 0 aliphatic heterocycles. The van der Waals surface area contributed by atoms with Gasteiger partial charge in [-0.05, 0) is 18.9 Å². The zero-order valence-corrected chi connectivity index (χ0v) is 8.96. The summed E-state index contributed by atoms with van der Waals surface area (Å²) in [6.07, 6.45) is 5.50. The van der Waals surface area contributed by atoms with E-state index in [2.05, 4.69) is 25.4 Å². The first kappa shape index (κ1) is 13.7. The van der Waals surface area contributed by atoms with Crippen LogP contribution in [0.5, 0.6) is 0 Å². The number of hydrogen-bond acceptors (Lipinski definition) is 1. The van der Waals surface area contributed by atoms with Crippen LogP contribution in [0.1, 0.15) is 34.6 Å². The molecule has 0 heterocycles. The van der Waals surface area contributed by atoms with Crippen LogP contribution in [-0.4, -0.2) is 6.21 Å². The number of nitrogens with zero attached hydrogens (tertiary/aromatic N) is 1. The summed E-state index contributed by atoms with van der Waals surface area (Å²) in [4.78, 5) is 4.18. The average Bonchev–Trinajstić information content (AvgIpc) is 2.08. The van der Waals surface area contributed by atoms with Crippen molar-refractivity contribution in [2.75, 3.05) is 0 Å². The number of aliphatic imine (C=N–C) groups is 1. The van der Waals surface area contributed by atoms with E-state index in [0.29, 0.717) is 5.92 Å². The van der Waals surface area contributed by atoms with Gasteiger partial charge in [-0.3, -0.25) is 4.99 Å². The molecule has 0 aliphatic carbocycles. The van der Waals surface area contributed by atoms with Gasteiger partial charge in [0.1, 0.15) is 0 Å². The van der Waals surface area contributed by atoms with E-state index in [4.69, 9.17) is 0 Å². The molecule has 1 nitrogen and oxygen atoms in total. The molecule has 0 aromatic carbocycles. The van der Waals surface area contributed by atoms with Crippen molar-refractivity contribution in [1.29, 1.82) is 0 Å². The van der Waals surface area contributed by atoms with Gasteiger partial charge in [0.05, 0.1) is 0 Å². The van der Waals surface area contributed by atoms with E-state index in [1.54, 1.807) is 12.3 Å². The molecule has 0 spiro atoms. The lowest BCUT2D eigenvalue weighted by molar-refractivity contribution is 0.759. The van der Waals surface area contributed by atoms with Crippen molar-refractivity contribution in [1.82, 2.24) is 0 Å². The predicted molar refractivity (Wildman–Crippen MR) is 58.6 cm³/mol. The minimum Gasteiger partial charge on any atom is -0.266 e. The van der Waals surface area contributed by atoms with Gasteiger partial charge in [-0.2, -0.15) is 0 Å². The maximum Gasteiger partial charge on any atom is 0.0424 e. The fraction of sp³-hybridized carbons (Fsp3) is 0.545. The third-order valence-corrected chi connectivity index (χ3v) is 1.16. The van der Waals surface area contributed by atoms with Gasteiger partial charge >= 0.3 is 0 Å². The molecule has 0 unspecified atom stereocenters. The van der Waals surface area contributed by atoms with E-state index < -0.39 is 0 Å². The molecule has 0 saturated heterocycles. The molecular formula is C11H21N. The van der Waals surface area contributed by atoms with E-state index in [1.165, 1.54) is 0 Å². The maximum absolute atomic E-state index is 4.18. The van der Waals surface area contributed by atoms with Crippen LogP contribution in [0.4, 0.5) is 0 Å². The lowest BCUT2D eigenvalue weighted by Crippen LogP contribution is -1.89. The van der Waals surface area contributed by atoms with Crippen LogP contribution < -0.4 is 0 Å². The molecule has 0 N–H and O–H groups in total. The molecule has 0 aliphatic rings. The Kier molecular flexibility index (Phi) is 11.6. The molecule has 0 rings (SSSR count). The topological polar surface area (TPSA) is 12.4 Å². The van der Waals surface area contributed by atoms with E-state index in [9.17, 15) is 0 Å². The number of rotatable bonds is 3. The zero-order valence-electron chi connectivity index (χ0n) is 8.96. The second-order valence-electron chi connectivity index (χ2n) is 2.37. The monoisotopic (exact) mass is 167 g/mol. The summed E-state index contributed by atoms with van der Waals surface area (Å²) >= 11 is 0. The zero-order chi connectivity index (χ0) is 9.98. The number of allylic oxidation sites excluding steroid dienone is 3. The van der Waals surface area contributed by atoms with Crippen molar-refractivity contribution in [3.63, 3.8) is 0 Å². The Labute approximate surface area is 76.9 Å². The Bertz CT molecular complexity index is 152. The highest BCUT2D eigenvalue weighted by Gasteiger charge is 1.96. The van der Waals surface area contributed by atoms with E-state index in [0.717, 1.165) is 5.70 Å². The van der Waals surface area contributed by atoms with Gasteiger partial charge in [-0.25, -0.2) is 0 Å². The van der Waals surface area contributed by atoms with E-state index >= 15 is 0 Å². The highest BCUT2D eigenvalue weighted by Crippen LogP contribution is 2.09. The smallest absolute Gasteiger partial charge is 0.0424 e. The van der Waals surface area contributed by atoms with Crippen molar-refractivity contribution >= 4 is 6.21 Å². The first-order valence-corrected chi connectivity index (χ1v) is 4.53. The standard InChI is InChI=1S/C9H15N.C2H6/c1-5-7-9(8(3)4)10-6-2;1-2/h5-8H,1H2,2-4H3;1-2H3/b9-7-,10-6?;. The first-order valence-electron chi connectivity index (χ1n) is 4.53. The maximum atomic E-state index is 4.18. The molecule has 0 fully saturated rings. The summed E-state index contributed by atoms with van der Waals surface area (Å²) in [7, 11) is 0. The van der Waals surface area contributed by atoms with Crippen molar-refractivity contribution < 1.29 is 0 Å². The minimum absolute atomic E-state index is 0.481. The van der Waals surface area contributed by atoms with Gasteiger partial charge in [-0.15, -0.1) is 0 Å². The van der Waals surface area contributed by atoms with E-state index in [-0.39, 0.29) is 0 Å². The van der Waals surface area contributed by atoms with Gasteiger partial charge in [0.25, 0.3) is 0 Å². The normalized spacial score (nSPS) is 11.3. The Balaban J connectivity index is 0. The summed E-state index contributed by atoms with van der Waals surface area (Å²) in [6, 6.07) is 0. The third-order valence-electron chi connectivity index (χ3n) is 1.16. The second kappa shape index (κ2) is 10.2. The molecule has 0 saturated carbocycles. The molecule has 0 bridgehead atoms. The average molecular weight is 167 g/mol. The summed E-state index contributed by atoms with van der Waals surface area (Å²) in [5.74, 6) is 0.481. The van der Waals surface area contributed by atoms with Crippen LogP contribution in [0.15, 0.2) is 29.4 Å². The van der Waals surface area contributed by atoms with Crippen LogP contribution in [-0.2, 0) is 0 Å². The molecule has 0 amide bonds. The summed E-state index contributed by atoms with van der Waals surface area (Å²) in [5, 5.41) is 0. The van der Waals surface area contributed by atoms with Crippen LogP contribution in [0, 0.1) is 5.92 Å². The van der Waals surface area contributed by atoms with Gasteiger partial charge in [0.2, 0.25) is 0 Å². The van der Waals surface area contributed by atoms with Crippen LogP contribution in [0.25, 0.3) is 0 Å². The first-order chi connectivity index (χ1) is 5.72. The van der Waals surface area contributed by atoms with Crippen LogP contribution in [0.3, 0.4) is 0 Å². The van der Waals surface area contributed by atoms with Crippen molar-refractivity contribution in [2.45, 2.75) is 34.6 Å². The lowest BCUT2D eigenvalue weighted by Gasteiger charge is -2.02. The Hall–Kier alpha value is -0.850. The molecule has 0 aromatic heterocycles. The van der Waals surface area contributed by atoms with Crippen molar-refractivity contribution in [3.05, 3.63) is 24.4 Å². The van der Waals surface area contributed by atoms with Gasteiger partial charge in [-0.1, -0.05) is 40.3 Å². The van der Waals surface area contributed by atoms with Gasteiger partial charge in [0.15, 0.2) is 0 Å². The summed E-state index contributed by atoms with van der Waals surface area (Å²) < 4.78 is 0. The Morgan fingerprint density at radius 2 is 1.83 bits per heavy atom. The predicted octanol–water partition coefficient (Wildman–Crippen LogP) is 3.83. The van der Waals surface area contributed by atoms with Gasteiger partial charge in [0, 0.05) is 11.9 Å². The highest BCUT2D eigenvalue weighted by atomic mass is 14.7. The minimum atomic E-state index is 0.481. The van der Waals surface area contributed by atoms with Crippen molar-refractivity contribution in [2.24, 2.45) is 10.9 Å². The lowest BCUT2D eigenvalue weighted by atomic mass is 10.1. The highest BCUT2D eigenvalue weighted by molar-refractivity contribution is 5.55. The number of hydrogen-bond donors (Lipinski definition) is 0. The van der Waals surface area contributed by atoms with E-state index in [1.807, 2.05) is 26.8 Å². The Morgan fingerprint density at radius 1 is 1.33 bits per heavy atom. The third kappa shape index (κ3) is 7.26. The molecule has 1 heteroatoms. The SMILES string of the molecule is C=C/C=C(\N=CC)C(C)C.CC. The second-order valence-corrected chi connectivity index (χ2v) is 2.37. The molecular weight excluding hydrogens is 146 g/mol. The van der Waals surface area contributed by atoms with Crippen LogP contribution >= 0.6 is 0 Å². The largest absolute Gasteiger partial charge is 0.266 e. The fourth-order valence-corrected chi connectivity index (χ4v) is 0.654. The fourth-order valence-electron chi connectivity index (χ4n) is 0.654. The van der Waals surface area contributed by atoms with Crippen LogP contribution in [0.2, 0.25) is 0 Å². The summed E-state index contributed by atoms with van der Waals surface area (Å²) in [5.41, 5.74) is 1.08. The Morgan fingerprint density at radius 3 is 2.08 bits per heavy atom. The molecule has 0 atom stereocenters. The van der Waals surface area contributed by atoms with Crippen molar-refractivity contribution in [3.8, 4) is 0 Å². The molecule has 12 heavy (non-hydrogen) atoms. The summed E-state index contributed by atoms with van der Waals surface area (Å²) in [6.45, 7) is 13.8. The molecule has 70 valence electrons. The van der Waals surface area contributed by atoms with Gasteiger partial charge < -0.3 is 0 Å². The molecule has 0 aromatic rings. The molecule has 0 radical (unpaired) electrons.